The van der Waals surface area contributed by atoms with Gasteiger partial charge in [-0.2, -0.15) is 0 Å². The zero-order chi connectivity index (χ0) is 41.8. The van der Waals surface area contributed by atoms with E-state index in [1.807, 2.05) is 30.3 Å². The van der Waals surface area contributed by atoms with Crippen LogP contribution in [0, 0.1) is 46.8 Å². The number of carbonyl (C=O) groups excluding carboxylic acids is 4. The number of halogens is 10. The molecule has 3 saturated heterocycles. The van der Waals surface area contributed by atoms with Crippen LogP contribution in [0.25, 0.3) is 0 Å². The highest BCUT2D eigenvalue weighted by molar-refractivity contribution is 6.58. The van der Waals surface area contributed by atoms with Gasteiger partial charge in [0.1, 0.15) is 17.2 Å². The number of fused-ring (bicyclic) bond motifs is 4. The average molecular weight is 859 g/mol. The molecule has 3 aromatic carbocycles. The van der Waals surface area contributed by atoms with Gasteiger partial charge >= 0.3 is 6.36 Å². The van der Waals surface area contributed by atoms with Gasteiger partial charge in [-0.3, -0.25) is 29.0 Å². The van der Waals surface area contributed by atoms with Crippen molar-refractivity contribution in [1.29, 1.82) is 0 Å². The minimum Gasteiger partial charge on any atom is -0.508 e. The highest BCUT2D eigenvalue weighted by Gasteiger charge is 2.77. The number of hydrogen-bond acceptors (Lipinski definition) is 7. The lowest BCUT2D eigenvalue weighted by molar-refractivity contribution is -0.274. The molecule has 1 N–H and O–H groups in total. The molecular weight excluding hydrogens is 829 g/mol. The van der Waals surface area contributed by atoms with E-state index in [1.165, 1.54) is 6.08 Å². The van der Waals surface area contributed by atoms with Crippen LogP contribution < -0.4 is 9.64 Å². The van der Waals surface area contributed by atoms with Gasteiger partial charge in [0, 0.05) is 37.2 Å². The first kappa shape index (κ1) is 40.1. The highest BCUT2D eigenvalue weighted by atomic mass is 35.5. The molecule has 6 atom stereocenters. The molecular formula is C39H29Cl2F8N3O6. The molecule has 6 unspecified atom stereocenters. The van der Waals surface area contributed by atoms with Crippen LogP contribution in [0.3, 0.4) is 0 Å². The summed E-state index contributed by atoms with van der Waals surface area (Å²) in [7, 11) is 0. The zero-order valence-electron chi connectivity index (χ0n) is 29.6. The fourth-order valence-electron chi connectivity index (χ4n) is 9.43. The van der Waals surface area contributed by atoms with Gasteiger partial charge in [0.15, 0.2) is 33.0 Å². The minimum atomic E-state index is -5.28. The lowest BCUT2D eigenvalue weighted by Crippen LogP contribution is -2.60. The summed E-state index contributed by atoms with van der Waals surface area (Å²) in [5.41, 5.74) is -1.63. The maximum absolute atomic E-state index is 15.3. The summed E-state index contributed by atoms with van der Waals surface area (Å²) in [6.45, 7) is 1.69. The molecule has 2 aliphatic carbocycles. The van der Waals surface area contributed by atoms with Gasteiger partial charge in [-0.25, -0.2) is 26.9 Å². The van der Waals surface area contributed by atoms with Crippen molar-refractivity contribution in [3.05, 3.63) is 100 Å². The second-order valence-electron chi connectivity index (χ2n) is 15.0. The molecule has 0 aromatic heterocycles. The Morgan fingerprint density at radius 2 is 1.43 bits per heavy atom. The molecule has 1 saturated carbocycles. The molecule has 3 aliphatic heterocycles. The number of aromatic hydroxyl groups is 1. The first-order valence-corrected chi connectivity index (χ1v) is 18.8. The number of nitrogens with zero attached hydrogens (tertiary/aromatic N) is 3. The summed E-state index contributed by atoms with van der Waals surface area (Å²) in [5, 5.41) is 11.2. The van der Waals surface area contributed by atoms with Crippen molar-refractivity contribution in [2.45, 2.75) is 60.3 Å². The monoisotopic (exact) mass is 857 g/mol. The van der Waals surface area contributed by atoms with Gasteiger partial charge in [-0.1, -0.05) is 42.0 Å². The smallest absolute Gasteiger partial charge is 0.508 e. The second kappa shape index (κ2) is 13.9. The molecule has 8 rings (SSSR count). The van der Waals surface area contributed by atoms with Crippen LogP contribution in [0.15, 0.2) is 60.2 Å². The number of benzene rings is 3. The van der Waals surface area contributed by atoms with E-state index in [9.17, 15) is 50.6 Å². The second-order valence-corrected chi connectivity index (χ2v) is 16.2. The molecule has 5 aliphatic rings. The maximum atomic E-state index is 15.3. The Balaban J connectivity index is 1.21. The van der Waals surface area contributed by atoms with Gasteiger partial charge in [0.2, 0.25) is 17.6 Å². The predicted molar refractivity (Wildman–Crippen MR) is 188 cm³/mol. The van der Waals surface area contributed by atoms with E-state index in [0.717, 1.165) is 16.5 Å². The third-order valence-electron chi connectivity index (χ3n) is 12.0. The number of phenolic OH excluding ortho intramolecular Hbond substituents is 1. The van der Waals surface area contributed by atoms with Crippen LogP contribution in [-0.4, -0.2) is 73.8 Å². The quantitative estimate of drug-likeness (QED) is 0.0698. The van der Waals surface area contributed by atoms with Crippen LogP contribution in [0.5, 0.6) is 11.5 Å². The molecule has 3 heterocycles. The van der Waals surface area contributed by atoms with Gasteiger partial charge < -0.3 is 9.84 Å². The molecule has 3 aromatic rings. The molecule has 19 heteroatoms. The zero-order valence-corrected chi connectivity index (χ0v) is 31.2. The summed E-state index contributed by atoms with van der Waals surface area (Å²) in [5.74, 6) is -25.2. The van der Waals surface area contributed by atoms with Crippen LogP contribution in [0.4, 0.5) is 40.8 Å². The Morgan fingerprint density at radius 3 is 2.05 bits per heavy atom. The van der Waals surface area contributed by atoms with Crippen LogP contribution in [0.2, 0.25) is 0 Å². The predicted octanol–water partition coefficient (Wildman–Crippen LogP) is 7.21. The largest absolute Gasteiger partial charge is 0.573 e. The molecule has 9 nitrogen and oxygen atoms in total. The molecule has 58 heavy (non-hydrogen) atoms. The van der Waals surface area contributed by atoms with Crippen molar-refractivity contribution in [1.82, 2.24) is 9.80 Å². The van der Waals surface area contributed by atoms with E-state index in [0.29, 0.717) is 44.6 Å². The Morgan fingerprint density at radius 1 is 0.810 bits per heavy atom. The summed E-state index contributed by atoms with van der Waals surface area (Å²) in [6, 6.07) is 11.2. The Hall–Kier alpha value is -4.74. The van der Waals surface area contributed by atoms with E-state index in [-0.39, 0.29) is 12.0 Å². The first-order valence-electron chi connectivity index (χ1n) is 18.0. The summed E-state index contributed by atoms with van der Waals surface area (Å²) in [6.07, 6.45) is -4.10. The SMILES string of the molecule is O=C1C2CC=C3C(CC4(Cl)C(=O)N(c5c(F)c(F)c(F)c(F)c5F)C(=O)C4(Cl)C3c3cc(OC(F)(F)F)ccc3O)C2C(=O)N1C1CCN(Cc2ccccc2)CC1. The van der Waals surface area contributed by atoms with Gasteiger partial charge in [-0.15, -0.1) is 36.4 Å². The number of alkyl halides is 5. The molecule has 0 spiro atoms. The van der Waals surface area contributed by atoms with E-state index in [2.05, 4.69) is 9.64 Å². The molecule has 306 valence electrons. The van der Waals surface area contributed by atoms with Crippen molar-refractivity contribution < 1.29 is 64.1 Å². The molecule has 0 bridgehead atoms. The van der Waals surface area contributed by atoms with Crippen LogP contribution >= 0.6 is 23.2 Å². The van der Waals surface area contributed by atoms with E-state index in [4.69, 9.17) is 23.2 Å². The van der Waals surface area contributed by atoms with Crippen molar-refractivity contribution >= 4 is 52.5 Å². The summed E-state index contributed by atoms with van der Waals surface area (Å²) >= 11 is 14.1. The standard InChI is InChI=1S/C39H29Cl2F8N3O6/c40-37-15-23-20(7-8-21-25(23)34(55)51(33(21)54)18-10-12-50(13-11-18)16-17-4-2-1-3-5-17)26(22-14-19(6-9-24(22)53)58-39(47,48)49)38(37,41)36(57)52(35(37)56)32-30(45)28(43)27(42)29(44)31(32)46/h1-7,9,14,18,21,23,25-26,53H,8,10-13,15-16H2. The topological polar surface area (TPSA) is 107 Å². The highest BCUT2D eigenvalue weighted by Crippen LogP contribution is 2.67. The molecule has 0 radical (unpaired) electrons. The van der Waals surface area contributed by atoms with Crippen molar-refractivity contribution in [2.75, 3.05) is 18.0 Å². The van der Waals surface area contributed by atoms with Crippen molar-refractivity contribution in [3.63, 3.8) is 0 Å². The number of ether oxygens (including phenoxy) is 1. The first-order chi connectivity index (χ1) is 27.3. The van der Waals surface area contributed by atoms with Gasteiger partial charge in [0.25, 0.3) is 11.8 Å². The summed E-state index contributed by atoms with van der Waals surface area (Å²) < 4.78 is 118. The molecule has 4 fully saturated rings. The number of phenols is 1. The average Bonchev–Trinajstić information content (AvgIpc) is 3.52. The van der Waals surface area contributed by atoms with Crippen molar-refractivity contribution in [2.24, 2.45) is 17.8 Å². The number of piperidine rings is 1. The number of anilines is 1. The third kappa shape index (κ3) is 5.89. The number of carbonyl (C=O) groups is 4. The lowest BCUT2D eigenvalue weighted by atomic mass is 9.56. The number of hydrogen-bond donors (Lipinski definition) is 1. The van der Waals surface area contributed by atoms with E-state index in [1.54, 1.807) is 0 Å². The van der Waals surface area contributed by atoms with Crippen molar-refractivity contribution in [3.8, 4) is 11.5 Å². The minimum absolute atomic E-state index is 0.0481. The Bertz CT molecular complexity index is 2280. The Labute approximate surface area is 333 Å². The van der Waals surface area contributed by atoms with E-state index < -0.39 is 133 Å². The molecule has 4 amide bonds. The number of likely N-dealkylation sites (tertiary alicyclic amines) is 2. The summed E-state index contributed by atoms with van der Waals surface area (Å²) in [4.78, 5) is 54.4. The fraction of sp³-hybridized carbons (Fsp3) is 0.385. The van der Waals surface area contributed by atoms with E-state index >= 15 is 8.78 Å². The fourth-order valence-corrected chi connectivity index (χ4v) is 10.4. The van der Waals surface area contributed by atoms with Crippen LogP contribution in [-0.2, 0) is 25.7 Å². The number of rotatable bonds is 6. The Kier molecular flexibility index (Phi) is 9.63. The number of allylic oxidation sites excluding steroid dienone is 2. The maximum Gasteiger partial charge on any atom is 0.573 e. The third-order valence-corrected chi connectivity index (χ3v) is 13.4. The normalized spacial score (nSPS) is 29.1. The van der Waals surface area contributed by atoms with Gasteiger partial charge in [0.05, 0.1) is 11.8 Å². The lowest BCUT2D eigenvalue weighted by Gasteiger charge is -2.50. The number of amides is 4. The van der Waals surface area contributed by atoms with Crippen LogP contribution in [0.1, 0.15) is 42.7 Å². The van der Waals surface area contributed by atoms with Gasteiger partial charge in [-0.05, 0) is 55.4 Å². The number of imide groups is 2.